The van der Waals surface area contributed by atoms with Gasteiger partial charge in [-0.3, -0.25) is 0 Å². The number of hydrogen-bond donors (Lipinski definition) is 1. The van der Waals surface area contributed by atoms with Gasteiger partial charge in [-0.2, -0.15) is 16.1 Å². The molecule has 1 aromatic rings. The van der Waals surface area contributed by atoms with Crippen LogP contribution in [0.3, 0.4) is 0 Å². The molecule has 1 aliphatic rings. The maximum atomic E-state index is 14.0. The maximum absolute atomic E-state index is 14.0. The molecule has 0 spiro atoms. The predicted molar refractivity (Wildman–Crippen MR) is 79.8 cm³/mol. The summed E-state index contributed by atoms with van der Waals surface area (Å²) < 4.78 is 53.8. The van der Waals surface area contributed by atoms with Crippen LogP contribution in [0.1, 0.15) is 12.0 Å². The average Bonchev–Trinajstić information content (AvgIpc) is 2.95. The first kappa shape index (κ1) is 16.7. The van der Waals surface area contributed by atoms with Crippen molar-refractivity contribution in [2.24, 2.45) is 0 Å². The number of benzene rings is 1. The lowest BCUT2D eigenvalue weighted by Gasteiger charge is -2.23. The van der Waals surface area contributed by atoms with Gasteiger partial charge >= 0.3 is 0 Å². The van der Waals surface area contributed by atoms with Crippen LogP contribution in [0.5, 0.6) is 0 Å². The molecule has 1 saturated heterocycles. The smallest absolute Gasteiger partial charge is 0.246 e. The van der Waals surface area contributed by atoms with Crippen LogP contribution in [-0.4, -0.2) is 44.4 Å². The first-order chi connectivity index (χ1) is 9.87. The largest absolute Gasteiger partial charge is 0.316 e. The first-order valence-corrected chi connectivity index (χ1v) is 9.15. The number of hydrogen-bond acceptors (Lipinski definition) is 4. The molecule has 21 heavy (non-hydrogen) atoms. The van der Waals surface area contributed by atoms with E-state index in [1.807, 2.05) is 0 Å². The van der Waals surface area contributed by atoms with Gasteiger partial charge in [0.1, 0.15) is 4.90 Å². The second-order valence-electron chi connectivity index (χ2n) is 4.96. The van der Waals surface area contributed by atoms with Gasteiger partial charge in [0, 0.05) is 25.4 Å². The minimum absolute atomic E-state index is 0.171. The molecule has 0 aromatic heterocycles. The monoisotopic (exact) mass is 336 g/mol. The number of halogens is 2. The van der Waals surface area contributed by atoms with Crippen molar-refractivity contribution < 1.29 is 17.2 Å². The van der Waals surface area contributed by atoms with Crippen molar-refractivity contribution in [1.29, 1.82) is 0 Å². The van der Waals surface area contributed by atoms with E-state index in [0.717, 1.165) is 22.5 Å². The first-order valence-electron chi connectivity index (χ1n) is 6.56. The standard InChI is InChI=1S/C13H18F2N2O2S2/c1-16-7-9-5-11(14)13(15)12(6-9)21(18,19)17(2)10-3-4-20-8-10/h5-6,10,16H,3-4,7-8H2,1-2H3. The van der Waals surface area contributed by atoms with Crippen LogP contribution >= 0.6 is 11.8 Å². The zero-order valence-electron chi connectivity index (χ0n) is 11.9. The summed E-state index contributed by atoms with van der Waals surface area (Å²) >= 11 is 1.66. The molecule has 1 aliphatic heterocycles. The molecule has 0 saturated carbocycles. The number of nitrogens with zero attached hydrogens (tertiary/aromatic N) is 1. The van der Waals surface area contributed by atoms with E-state index < -0.39 is 26.6 Å². The van der Waals surface area contributed by atoms with Gasteiger partial charge < -0.3 is 5.32 Å². The van der Waals surface area contributed by atoms with E-state index in [4.69, 9.17) is 0 Å². The Morgan fingerprint density at radius 1 is 1.43 bits per heavy atom. The zero-order valence-corrected chi connectivity index (χ0v) is 13.5. The zero-order chi connectivity index (χ0) is 15.6. The second-order valence-corrected chi connectivity index (χ2v) is 8.07. The molecule has 118 valence electrons. The highest BCUT2D eigenvalue weighted by Gasteiger charge is 2.33. The van der Waals surface area contributed by atoms with E-state index in [1.54, 1.807) is 18.8 Å². The summed E-state index contributed by atoms with van der Waals surface area (Å²) in [5.41, 5.74) is 0.393. The Bertz CT molecular complexity index is 617. The predicted octanol–water partition coefficient (Wildman–Crippen LogP) is 1.81. The fourth-order valence-electron chi connectivity index (χ4n) is 2.27. The van der Waals surface area contributed by atoms with Gasteiger partial charge in [0.2, 0.25) is 10.0 Å². The molecule has 2 rings (SSSR count). The van der Waals surface area contributed by atoms with Crippen LogP contribution in [0.25, 0.3) is 0 Å². The average molecular weight is 336 g/mol. The molecule has 1 atom stereocenters. The van der Waals surface area contributed by atoms with Gasteiger partial charge in [0.25, 0.3) is 0 Å². The van der Waals surface area contributed by atoms with Gasteiger partial charge in [-0.1, -0.05) is 0 Å². The lowest BCUT2D eigenvalue weighted by atomic mass is 10.2. The van der Waals surface area contributed by atoms with Crippen LogP contribution in [-0.2, 0) is 16.6 Å². The molecule has 0 radical (unpaired) electrons. The summed E-state index contributed by atoms with van der Waals surface area (Å²) in [7, 11) is -0.964. The van der Waals surface area contributed by atoms with E-state index >= 15 is 0 Å². The lowest BCUT2D eigenvalue weighted by molar-refractivity contribution is 0.389. The molecule has 0 bridgehead atoms. The Morgan fingerprint density at radius 3 is 2.71 bits per heavy atom. The molecule has 0 amide bonds. The highest BCUT2D eigenvalue weighted by atomic mass is 32.2. The van der Waals surface area contributed by atoms with Crippen LogP contribution in [0.4, 0.5) is 8.78 Å². The minimum atomic E-state index is -4.04. The van der Waals surface area contributed by atoms with Crippen LogP contribution in [0.2, 0.25) is 0 Å². The summed E-state index contributed by atoms with van der Waals surface area (Å²) in [6.07, 6.45) is 0.723. The molecule has 1 fully saturated rings. The third kappa shape index (κ3) is 3.39. The Morgan fingerprint density at radius 2 is 2.14 bits per heavy atom. The maximum Gasteiger partial charge on any atom is 0.246 e. The Kier molecular flexibility index (Phi) is 5.24. The molecule has 1 aromatic carbocycles. The normalized spacial score (nSPS) is 19.4. The van der Waals surface area contributed by atoms with Crippen molar-refractivity contribution in [3.8, 4) is 0 Å². The van der Waals surface area contributed by atoms with Crippen molar-refractivity contribution in [2.75, 3.05) is 25.6 Å². The van der Waals surface area contributed by atoms with Crippen molar-refractivity contribution >= 4 is 21.8 Å². The van der Waals surface area contributed by atoms with E-state index in [1.165, 1.54) is 13.1 Å². The SMILES string of the molecule is CNCc1cc(F)c(F)c(S(=O)(=O)N(C)C2CCSC2)c1. The molecule has 8 heteroatoms. The highest BCUT2D eigenvalue weighted by molar-refractivity contribution is 7.99. The van der Waals surface area contributed by atoms with Crippen LogP contribution in [0, 0.1) is 11.6 Å². The fraction of sp³-hybridized carbons (Fsp3) is 0.538. The van der Waals surface area contributed by atoms with Crippen LogP contribution < -0.4 is 5.32 Å². The molecule has 1 heterocycles. The molecule has 1 N–H and O–H groups in total. The summed E-state index contributed by atoms with van der Waals surface area (Å²) in [5.74, 6) is -0.903. The Labute approximate surface area is 128 Å². The summed E-state index contributed by atoms with van der Waals surface area (Å²) in [4.78, 5) is -0.591. The van der Waals surface area contributed by atoms with Crippen molar-refractivity contribution in [3.63, 3.8) is 0 Å². The topological polar surface area (TPSA) is 49.4 Å². The van der Waals surface area contributed by atoms with Crippen molar-refractivity contribution in [1.82, 2.24) is 9.62 Å². The third-order valence-electron chi connectivity index (χ3n) is 3.51. The van der Waals surface area contributed by atoms with Gasteiger partial charge in [-0.05, 0) is 36.9 Å². The van der Waals surface area contributed by atoms with Crippen molar-refractivity contribution in [3.05, 3.63) is 29.3 Å². The highest BCUT2D eigenvalue weighted by Crippen LogP contribution is 2.28. The van der Waals surface area contributed by atoms with E-state index in [2.05, 4.69) is 5.32 Å². The lowest BCUT2D eigenvalue weighted by Crippen LogP contribution is -2.37. The number of thioether (sulfide) groups is 1. The number of nitrogens with one attached hydrogen (secondary N) is 1. The second kappa shape index (κ2) is 6.60. The fourth-order valence-corrected chi connectivity index (χ4v) is 5.14. The van der Waals surface area contributed by atoms with E-state index in [-0.39, 0.29) is 12.6 Å². The van der Waals surface area contributed by atoms with Gasteiger partial charge in [0.15, 0.2) is 11.6 Å². The number of rotatable bonds is 5. The molecule has 4 nitrogen and oxygen atoms in total. The minimum Gasteiger partial charge on any atom is -0.316 e. The molecular weight excluding hydrogens is 318 g/mol. The summed E-state index contributed by atoms with van der Waals surface area (Å²) in [5, 5.41) is 2.79. The Balaban J connectivity index is 2.43. The summed E-state index contributed by atoms with van der Waals surface area (Å²) in [6, 6.07) is 2.04. The molecule has 0 aliphatic carbocycles. The molecular formula is C13H18F2N2O2S2. The molecule has 1 unspecified atom stereocenters. The van der Waals surface area contributed by atoms with Gasteiger partial charge in [-0.15, -0.1) is 0 Å². The summed E-state index contributed by atoms with van der Waals surface area (Å²) in [6.45, 7) is 0.267. The van der Waals surface area contributed by atoms with Gasteiger partial charge in [0.05, 0.1) is 0 Å². The quantitative estimate of drug-likeness (QED) is 0.891. The van der Waals surface area contributed by atoms with Crippen LogP contribution in [0.15, 0.2) is 17.0 Å². The van der Waals surface area contributed by atoms with Crippen molar-refractivity contribution in [2.45, 2.75) is 23.9 Å². The van der Waals surface area contributed by atoms with Gasteiger partial charge in [-0.25, -0.2) is 17.2 Å². The Hall–Kier alpha value is -0.700. The third-order valence-corrected chi connectivity index (χ3v) is 6.57. The van der Waals surface area contributed by atoms with E-state index in [0.29, 0.717) is 11.3 Å². The van der Waals surface area contributed by atoms with E-state index in [9.17, 15) is 17.2 Å². The number of sulfonamides is 1.